The number of ether oxygens (including phenoxy) is 1. The average Bonchev–Trinajstić information content (AvgIpc) is 2.77. The van der Waals surface area contributed by atoms with E-state index in [4.69, 9.17) is 4.74 Å². The lowest BCUT2D eigenvalue weighted by Gasteiger charge is -2.09. The molecule has 0 aliphatic carbocycles. The molecule has 1 aromatic carbocycles. The van der Waals surface area contributed by atoms with Crippen molar-refractivity contribution in [2.45, 2.75) is 47.6 Å². The van der Waals surface area contributed by atoms with Crippen LogP contribution < -0.4 is 10.1 Å². The molecule has 0 radical (unpaired) electrons. The minimum atomic E-state index is 0.111. The van der Waals surface area contributed by atoms with Gasteiger partial charge in [-0.2, -0.15) is 0 Å². The standard InChI is InChI=1S/C18H18N4O2.C3H8.C2H6/c1-2-24-17-8-14(5-6-16(17)23)15-11-20-12-18(22-15)21-10-13-4-3-7-19-9-13;1-3-2;1-2/h3-9,11-12,23H,2,10H2,1H3,(H,21,22);3H2,1-2H3;1-2H3. The van der Waals surface area contributed by atoms with Crippen LogP contribution in [0, 0.1) is 0 Å². The number of benzene rings is 1. The van der Waals surface area contributed by atoms with Gasteiger partial charge in [0, 0.05) is 24.5 Å². The molecular formula is C23H32N4O2. The van der Waals surface area contributed by atoms with Gasteiger partial charge in [0.05, 0.1) is 24.7 Å². The van der Waals surface area contributed by atoms with Crippen LogP contribution in [0.15, 0.2) is 55.1 Å². The number of nitrogens with zero attached hydrogens (tertiary/aromatic N) is 3. The number of hydrogen-bond donors (Lipinski definition) is 2. The maximum atomic E-state index is 9.80. The van der Waals surface area contributed by atoms with Gasteiger partial charge in [0.25, 0.3) is 0 Å². The van der Waals surface area contributed by atoms with Gasteiger partial charge in [-0.25, -0.2) is 4.98 Å². The van der Waals surface area contributed by atoms with Crippen LogP contribution >= 0.6 is 0 Å². The summed E-state index contributed by atoms with van der Waals surface area (Å²) in [5, 5.41) is 13.0. The van der Waals surface area contributed by atoms with E-state index in [0.717, 1.165) is 11.1 Å². The third-order valence-corrected chi connectivity index (χ3v) is 3.39. The largest absolute Gasteiger partial charge is 0.504 e. The van der Waals surface area contributed by atoms with E-state index in [1.54, 1.807) is 43.0 Å². The summed E-state index contributed by atoms with van der Waals surface area (Å²) in [5.41, 5.74) is 2.59. The molecule has 0 saturated heterocycles. The molecule has 6 heteroatoms. The van der Waals surface area contributed by atoms with Crippen molar-refractivity contribution in [3.8, 4) is 22.8 Å². The topological polar surface area (TPSA) is 80.2 Å². The maximum Gasteiger partial charge on any atom is 0.161 e. The Labute approximate surface area is 174 Å². The summed E-state index contributed by atoms with van der Waals surface area (Å²) >= 11 is 0. The van der Waals surface area contributed by atoms with Crippen LogP contribution in [0.25, 0.3) is 11.3 Å². The fraction of sp³-hybridized carbons (Fsp3) is 0.348. The fourth-order valence-corrected chi connectivity index (χ4v) is 2.23. The van der Waals surface area contributed by atoms with Crippen LogP contribution in [0.4, 0.5) is 5.82 Å². The van der Waals surface area contributed by atoms with Crippen molar-refractivity contribution < 1.29 is 9.84 Å². The maximum absolute atomic E-state index is 9.80. The first kappa shape index (κ1) is 23.9. The average molecular weight is 397 g/mol. The molecule has 2 N–H and O–H groups in total. The number of aromatic nitrogens is 3. The third kappa shape index (κ3) is 8.17. The molecule has 0 spiro atoms. The van der Waals surface area contributed by atoms with Gasteiger partial charge in [-0.15, -0.1) is 0 Å². The Morgan fingerprint density at radius 1 is 1.00 bits per heavy atom. The zero-order valence-electron chi connectivity index (χ0n) is 18.0. The van der Waals surface area contributed by atoms with E-state index in [9.17, 15) is 5.11 Å². The molecule has 2 aromatic heterocycles. The number of nitrogens with one attached hydrogen (secondary N) is 1. The lowest BCUT2D eigenvalue weighted by Crippen LogP contribution is -2.02. The van der Waals surface area contributed by atoms with Gasteiger partial charge in [-0.3, -0.25) is 9.97 Å². The zero-order chi connectivity index (χ0) is 21.5. The first-order valence-corrected chi connectivity index (χ1v) is 10.1. The predicted octanol–water partition coefficient (Wildman–Crippen LogP) is 5.70. The SMILES string of the molecule is CC.CCC.CCOc1cc(-c2cncc(NCc3cccnc3)n2)ccc1O. The molecule has 3 aromatic rings. The third-order valence-electron chi connectivity index (χ3n) is 3.39. The van der Waals surface area contributed by atoms with Crippen LogP contribution in [0.5, 0.6) is 11.5 Å². The Kier molecular flexibility index (Phi) is 11.5. The first-order chi connectivity index (χ1) is 14.2. The lowest BCUT2D eigenvalue weighted by molar-refractivity contribution is 0.318. The Morgan fingerprint density at radius 3 is 2.41 bits per heavy atom. The van der Waals surface area contributed by atoms with Gasteiger partial charge in [0.15, 0.2) is 11.5 Å². The molecule has 156 valence electrons. The number of phenolic OH excluding ortho intramolecular Hbond substituents is 1. The summed E-state index contributed by atoms with van der Waals surface area (Å²) in [6.45, 7) is 11.2. The van der Waals surface area contributed by atoms with Crippen LogP contribution in [-0.4, -0.2) is 26.7 Å². The quantitative estimate of drug-likeness (QED) is 0.556. The number of aromatic hydroxyl groups is 1. The van der Waals surface area contributed by atoms with E-state index in [0.29, 0.717) is 30.4 Å². The monoisotopic (exact) mass is 396 g/mol. The molecule has 0 aliphatic heterocycles. The predicted molar refractivity (Wildman–Crippen MR) is 119 cm³/mol. The summed E-state index contributed by atoms with van der Waals surface area (Å²) in [6, 6.07) is 9.02. The van der Waals surface area contributed by atoms with Crippen molar-refractivity contribution in [3.05, 3.63) is 60.7 Å². The summed E-state index contributed by atoms with van der Waals surface area (Å²) in [5.74, 6) is 1.22. The molecular weight excluding hydrogens is 364 g/mol. The van der Waals surface area contributed by atoms with Gasteiger partial charge in [0.1, 0.15) is 5.82 Å². The highest BCUT2D eigenvalue weighted by Crippen LogP contribution is 2.31. The fourth-order valence-electron chi connectivity index (χ4n) is 2.23. The van der Waals surface area contributed by atoms with Gasteiger partial charge >= 0.3 is 0 Å². The first-order valence-electron chi connectivity index (χ1n) is 10.1. The van der Waals surface area contributed by atoms with Gasteiger partial charge in [-0.1, -0.05) is 40.2 Å². The van der Waals surface area contributed by atoms with Gasteiger partial charge < -0.3 is 15.2 Å². The van der Waals surface area contributed by atoms with Crippen LogP contribution in [0.3, 0.4) is 0 Å². The van der Waals surface area contributed by atoms with Crippen molar-refractivity contribution >= 4 is 5.82 Å². The Hall–Kier alpha value is -3.15. The molecule has 0 unspecified atom stereocenters. The second-order valence-electron chi connectivity index (χ2n) is 5.83. The van der Waals surface area contributed by atoms with E-state index < -0.39 is 0 Å². The molecule has 6 nitrogen and oxygen atoms in total. The number of pyridine rings is 1. The Bertz CT molecular complexity index is 826. The van der Waals surface area contributed by atoms with Crippen molar-refractivity contribution in [1.82, 2.24) is 15.0 Å². The Balaban J connectivity index is 0.000000771. The smallest absolute Gasteiger partial charge is 0.161 e. The molecule has 0 bridgehead atoms. The normalized spacial score (nSPS) is 9.41. The van der Waals surface area contributed by atoms with Crippen molar-refractivity contribution in [1.29, 1.82) is 0 Å². The molecule has 0 aliphatic rings. The van der Waals surface area contributed by atoms with E-state index in [-0.39, 0.29) is 5.75 Å². The van der Waals surface area contributed by atoms with Gasteiger partial charge in [-0.05, 0) is 36.8 Å². The molecule has 0 fully saturated rings. The second-order valence-corrected chi connectivity index (χ2v) is 5.83. The van der Waals surface area contributed by atoms with Crippen LogP contribution in [0.2, 0.25) is 0 Å². The van der Waals surface area contributed by atoms with E-state index in [2.05, 4.69) is 34.1 Å². The molecule has 29 heavy (non-hydrogen) atoms. The Morgan fingerprint density at radius 2 is 1.76 bits per heavy atom. The number of rotatable bonds is 6. The summed E-state index contributed by atoms with van der Waals surface area (Å²) < 4.78 is 5.41. The minimum Gasteiger partial charge on any atom is -0.504 e. The molecule has 3 rings (SSSR count). The second kappa shape index (κ2) is 13.9. The number of hydrogen-bond acceptors (Lipinski definition) is 6. The summed E-state index contributed by atoms with van der Waals surface area (Å²) in [4.78, 5) is 12.9. The van der Waals surface area contributed by atoms with Crippen LogP contribution in [0.1, 0.15) is 46.6 Å². The molecule has 0 saturated carbocycles. The van der Waals surface area contributed by atoms with Crippen molar-refractivity contribution in [3.63, 3.8) is 0 Å². The summed E-state index contributed by atoms with van der Waals surface area (Å²) in [7, 11) is 0. The van der Waals surface area contributed by atoms with E-state index >= 15 is 0 Å². The van der Waals surface area contributed by atoms with Crippen molar-refractivity contribution in [2.75, 3.05) is 11.9 Å². The highest BCUT2D eigenvalue weighted by atomic mass is 16.5. The van der Waals surface area contributed by atoms with E-state index in [1.165, 1.54) is 6.42 Å². The number of phenols is 1. The molecule has 2 heterocycles. The highest BCUT2D eigenvalue weighted by molar-refractivity contribution is 5.64. The molecule has 0 amide bonds. The summed E-state index contributed by atoms with van der Waals surface area (Å²) in [6.07, 6.45) is 8.14. The minimum absolute atomic E-state index is 0.111. The van der Waals surface area contributed by atoms with Crippen LogP contribution in [-0.2, 0) is 6.54 Å². The van der Waals surface area contributed by atoms with E-state index in [1.807, 2.05) is 32.9 Å². The van der Waals surface area contributed by atoms with Crippen molar-refractivity contribution in [2.24, 2.45) is 0 Å². The zero-order valence-corrected chi connectivity index (χ0v) is 18.0. The lowest BCUT2D eigenvalue weighted by atomic mass is 10.1. The number of anilines is 1. The molecule has 0 atom stereocenters. The van der Waals surface area contributed by atoms with Gasteiger partial charge in [0.2, 0.25) is 0 Å². The highest BCUT2D eigenvalue weighted by Gasteiger charge is 2.07.